The molecule has 2 aliphatic carbocycles. The molecule has 1 heterocycles. The van der Waals surface area contributed by atoms with Crippen LogP contribution in [0.3, 0.4) is 0 Å². The maximum Gasteiger partial charge on any atom is 0.277 e. The third-order valence-electron chi connectivity index (χ3n) is 4.84. The van der Waals surface area contributed by atoms with Gasteiger partial charge in [-0.05, 0) is 67.7 Å². The number of hydrogen-bond acceptors (Lipinski definition) is 2. The summed E-state index contributed by atoms with van der Waals surface area (Å²) in [4.78, 5) is 28.8. The Morgan fingerprint density at radius 1 is 1.16 bits per heavy atom. The molecule has 0 radical (unpaired) electrons. The van der Waals surface area contributed by atoms with Gasteiger partial charge in [0.2, 0.25) is 0 Å². The van der Waals surface area contributed by atoms with E-state index in [1.165, 1.54) is 5.57 Å². The van der Waals surface area contributed by atoms with Gasteiger partial charge in [0, 0.05) is 27.2 Å². The van der Waals surface area contributed by atoms with Crippen molar-refractivity contribution in [3.05, 3.63) is 69.4 Å². The monoisotopic (exact) mass is 396 g/mol. The predicted molar refractivity (Wildman–Crippen MR) is 100 cm³/mol. The molecule has 0 saturated heterocycles. The van der Waals surface area contributed by atoms with Gasteiger partial charge < -0.3 is 5.32 Å². The number of nitrogens with zero attached hydrogens (tertiary/aromatic N) is 1. The lowest BCUT2D eigenvalue weighted by atomic mass is 9.77. The van der Waals surface area contributed by atoms with Crippen molar-refractivity contribution < 1.29 is 9.59 Å². The molecule has 2 amide bonds. The average molecular weight is 397 g/mol. The summed E-state index contributed by atoms with van der Waals surface area (Å²) < 4.78 is 0.917. The normalized spacial score (nSPS) is 23.7. The topological polar surface area (TPSA) is 58.5 Å². The highest BCUT2D eigenvalue weighted by molar-refractivity contribution is 9.10. The number of aliphatic imine (C=N–C) groups is 1. The number of halogens is 1. The highest BCUT2D eigenvalue weighted by Crippen LogP contribution is 2.38. The Morgan fingerprint density at radius 2 is 1.92 bits per heavy atom. The van der Waals surface area contributed by atoms with Crippen LogP contribution in [0.25, 0.3) is 0 Å². The molecule has 25 heavy (non-hydrogen) atoms. The summed E-state index contributed by atoms with van der Waals surface area (Å²) >= 11 is 3.35. The average Bonchev–Trinajstić information content (AvgIpc) is 2.62. The maximum atomic E-state index is 12.3. The molecule has 1 N–H and O–H groups in total. The van der Waals surface area contributed by atoms with Crippen molar-refractivity contribution in [2.24, 2.45) is 10.9 Å². The first-order valence-corrected chi connectivity index (χ1v) is 9.23. The van der Waals surface area contributed by atoms with E-state index < -0.39 is 0 Å². The van der Waals surface area contributed by atoms with Gasteiger partial charge in [0.1, 0.15) is 0 Å². The van der Waals surface area contributed by atoms with Crippen molar-refractivity contribution in [1.82, 2.24) is 5.32 Å². The molecule has 0 bridgehead atoms. The van der Waals surface area contributed by atoms with Gasteiger partial charge in [-0.15, -0.1) is 0 Å². The summed E-state index contributed by atoms with van der Waals surface area (Å²) in [6.07, 6.45) is 9.78. The minimum Gasteiger partial charge on any atom is -0.325 e. The van der Waals surface area contributed by atoms with Crippen molar-refractivity contribution in [3.63, 3.8) is 0 Å². The van der Waals surface area contributed by atoms with Gasteiger partial charge in [-0.2, -0.15) is 0 Å². The third-order valence-corrected chi connectivity index (χ3v) is 5.37. The Bertz CT molecular complexity index is 875. The second-order valence-corrected chi connectivity index (χ2v) is 7.37. The molecular formula is C20H17BrN2O2. The number of carbonyl (C=O) groups excluding carboxylic acids is 2. The van der Waals surface area contributed by atoms with E-state index in [4.69, 9.17) is 0 Å². The van der Waals surface area contributed by atoms with Crippen molar-refractivity contribution in [1.29, 1.82) is 0 Å². The van der Waals surface area contributed by atoms with Gasteiger partial charge in [-0.1, -0.05) is 22.0 Å². The van der Waals surface area contributed by atoms with Crippen molar-refractivity contribution in [2.75, 3.05) is 0 Å². The van der Waals surface area contributed by atoms with E-state index in [2.05, 4.69) is 26.2 Å². The standard InChI is InChI=1S/C20H17BrN2O2/c21-13-7-5-12(6-8-13)19(24)22-14-9-10-16-15-3-1-2-4-17(15)20(25)23-18(16)11-14/h5-11,16H,1-4H2,(H,23,25). The second-order valence-electron chi connectivity index (χ2n) is 6.45. The fraction of sp³-hybridized carbons (Fsp3) is 0.250. The zero-order chi connectivity index (χ0) is 17.4. The molecule has 4 rings (SSSR count). The molecule has 1 aliphatic heterocycles. The predicted octanol–water partition coefficient (Wildman–Crippen LogP) is 4.10. The van der Waals surface area contributed by atoms with Gasteiger partial charge in [-0.3, -0.25) is 9.59 Å². The van der Waals surface area contributed by atoms with E-state index in [9.17, 15) is 9.59 Å². The molecule has 1 aromatic carbocycles. The first-order valence-electron chi connectivity index (χ1n) is 8.43. The highest BCUT2D eigenvalue weighted by atomic mass is 79.9. The Kier molecular flexibility index (Phi) is 4.25. The van der Waals surface area contributed by atoms with Gasteiger partial charge in [0.15, 0.2) is 0 Å². The SMILES string of the molecule is O=C1NC2=CC(=NC(=O)c3ccc(Br)cc3)C=CC2C2=C1CCCC2. The van der Waals surface area contributed by atoms with Crippen LogP contribution in [-0.4, -0.2) is 17.5 Å². The molecule has 5 heteroatoms. The second kappa shape index (κ2) is 6.56. The van der Waals surface area contributed by atoms with Crippen molar-refractivity contribution >= 4 is 33.5 Å². The lowest BCUT2D eigenvalue weighted by molar-refractivity contribution is -0.117. The molecule has 4 nitrogen and oxygen atoms in total. The first kappa shape index (κ1) is 16.2. The van der Waals surface area contributed by atoms with Crippen molar-refractivity contribution in [3.8, 4) is 0 Å². The Morgan fingerprint density at radius 3 is 2.72 bits per heavy atom. The molecule has 1 unspecified atom stereocenters. The first-order chi connectivity index (χ1) is 12.1. The van der Waals surface area contributed by atoms with Gasteiger partial charge in [-0.25, -0.2) is 4.99 Å². The minimum absolute atomic E-state index is 0.00564. The van der Waals surface area contributed by atoms with Crippen LogP contribution in [0, 0.1) is 5.92 Å². The summed E-state index contributed by atoms with van der Waals surface area (Å²) in [5.74, 6) is -0.164. The molecule has 1 aromatic rings. The molecule has 1 atom stereocenters. The lowest BCUT2D eigenvalue weighted by Crippen LogP contribution is -2.37. The van der Waals surface area contributed by atoms with Crippen LogP contribution < -0.4 is 5.32 Å². The van der Waals surface area contributed by atoms with E-state index in [1.54, 1.807) is 12.1 Å². The molecule has 126 valence electrons. The number of allylic oxidation sites excluding steroid dienone is 3. The lowest BCUT2D eigenvalue weighted by Gasteiger charge is -2.33. The van der Waals surface area contributed by atoms with Crippen LogP contribution >= 0.6 is 15.9 Å². The number of carbonyl (C=O) groups is 2. The van der Waals surface area contributed by atoms with Crippen LogP contribution in [0.1, 0.15) is 36.0 Å². The molecule has 0 fully saturated rings. The van der Waals surface area contributed by atoms with E-state index in [0.717, 1.165) is 41.4 Å². The van der Waals surface area contributed by atoms with Crippen LogP contribution in [-0.2, 0) is 4.79 Å². The van der Waals surface area contributed by atoms with Gasteiger partial charge in [0.25, 0.3) is 11.8 Å². The largest absolute Gasteiger partial charge is 0.325 e. The number of nitrogens with one attached hydrogen (secondary N) is 1. The van der Waals surface area contributed by atoms with E-state index in [-0.39, 0.29) is 17.7 Å². The van der Waals surface area contributed by atoms with E-state index in [1.807, 2.05) is 30.4 Å². The summed E-state index contributed by atoms with van der Waals surface area (Å²) in [6.45, 7) is 0. The Hall–Kier alpha value is -2.27. The number of rotatable bonds is 1. The van der Waals surface area contributed by atoms with Crippen LogP contribution in [0.15, 0.2) is 68.8 Å². The fourth-order valence-corrected chi connectivity index (χ4v) is 3.86. The Labute approximate surface area is 154 Å². The quantitative estimate of drug-likeness (QED) is 0.776. The van der Waals surface area contributed by atoms with Crippen LogP contribution in [0.4, 0.5) is 0 Å². The van der Waals surface area contributed by atoms with Crippen LogP contribution in [0.5, 0.6) is 0 Å². The van der Waals surface area contributed by atoms with E-state index >= 15 is 0 Å². The molecule has 0 saturated carbocycles. The molecule has 0 aromatic heterocycles. The summed E-state index contributed by atoms with van der Waals surface area (Å²) in [5, 5.41) is 2.98. The summed E-state index contributed by atoms with van der Waals surface area (Å²) in [6, 6.07) is 7.11. The van der Waals surface area contributed by atoms with Crippen molar-refractivity contribution in [2.45, 2.75) is 25.7 Å². The number of amides is 2. The molecule has 3 aliphatic rings. The molecular weight excluding hydrogens is 380 g/mol. The number of fused-ring (bicyclic) bond motifs is 2. The van der Waals surface area contributed by atoms with Gasteiger partial charge in [0.05, 0.1) is 5.71 Å². The van der Waals surface area contributed by atoms with Crippen LogP contribution in [0.2, 0.25) is 0 Å². The van der Waals surface area contributed by atoms with E-state index in [0.29, 0.717) is 11.3 Å². The fourth-order valence-electron chi connectivity index (χ4n) is 3.59. The molecule has 0 spiro atoms. The summed E-state index contributed by atoms with van der Waals surface area (Å²) in [5.41, 5.74) is 4.12. The maximum absolute atomic E-state index is 12.3. The third kappa shape index (κ3) is 3.16. The highest BCUT2D eigenvalue weighted by Gasteiger charge is 2.33. The number of benzene rings is 1. The number of hydrogen-bond donors (Lipinski definition) is 1. The minimum atomic E-state index is -0.290. The Balaban J connectivity index is 1.61. The zero-order valence-corrected chi connectivity index (χ0v) is 15.2. The zero-order valence-electron chi connectivity index (χ0n) is 13.6. The van der Waals surface area contributed by atoms with Gasteiger partial charge >= 0.3 is 0 Å². The smallest absolute Gasteiger partial charge is 0.277 e. The summed E-state index contributed by atoms with van der Waals surface area (Å²) in [7, 11) is 0.